The summed E-state index contributed by atoms with van der Waals surface area (Å²) >= 11 is 0. The van der Waals surface area contributed by atoms with Crippen LogP contribution < -0.4 is 4.90 Å². The molecule has 0 unspecified atom stereocenters. The third-order valence-corrected chi connectivity index (χ3v) is 16.0. The van der Waals surface area contributed by atoms with Crippen LogP contribution in [0.1, 0.15) is 97.9 Å². The predicted molar refractivity (Wildman–Crippen MR) is 287 cm³/mol. The highest BCUT2D eigenvalue weighted by Crippen LogP contribution is 2.59. The Morgan fingerprint density at radius 2 is 0.897 bits per heavy atom. The predicted octanol–water partition coefficient (Wildman–Crippen LogP) is 17.7. The molecule has 12 rings (SSSR count). The van der Waals surface area contributed by atoms with Gasteiger partial charge in [0.1, 0.15) is 0 Å². The normalized spacial score (nSPS) is 15.9. The summed E-state index contributed by atoms with van der Waals surface area (Å²) in [5.74, 6) is 0. The first-order valence-corrected chi connectivity index (χ1v) is 24.9. The van der Waals surface area contributed by atoms with Crippen molar-refractivity contribution in [3.8, 4) is 44.5 Å². The van der Waals surface area contributed by atoms with Gasteiger partial charge in [0.05, 0.1) is 11.1 Å². The van der Waals surface area contributed by atoms with Crippen molar-refractivity contribution in [1.82, 2.24) is 0 Å². The first-order valence-electron chi connectivity index (χ1n) is 24.9. The van der Waals surface area contributed by atoms with Crippen molar-refractivity contribution in [3.63, 3.8) is 0 Å². The summed E-state index contributed by atoms with van der Waals surface area (Å²) in [6, 6.07) is 80.6. The van der Waals surface area contributed by atoms with E-state index in [0.29, 0.717) is 0 Å². The Balaban J connectivity index is 1.14. The second-order valence-corrected chi connectivity index (χ2v) is 20.9. The monoisotopic (exact) mass is 877 g/mol. The van der Waals surface area contributed by atoms with Crippen molar-refractivity contribution in [2.75, 3.05) is 4.90 Å². The second-order valence-electron chi connectivity index (χ2n) is 20.9. The molecule has 0 spiro atoms. The lowest BCUT2D eigenvalue weighted by molar-refractivity contribution is 0.332. The molecule has 1 nitrogen and oxygen atoms in total. The smallest absolute Gasteiger partial charge is 0.0714 e. The third-order valence-electron chi connectivity index (χ3n) is 16.0. The fraction of sp³-hybridized carbons (Fsp3) is 0.194. The number of benzene rings is 9. The molecule has 0 saturated carbocycles. The zero-order valence-electron chi connectivity index (χ0n) is 39.9. The van der Waals surface area contributed by atoms with Crippen molar-refractivity contribution in [1.29, 1.82) is 0 Å². The summed E-state index contributed by atoms with van der Waals surface area (Å²) in [6.45, 7) is 9.79. The average molecular weight is 878 g/mol. The highest BCUT2D eigenvalue weighted by atomic mass is 15.1. The standard InChI is InChI=1S/C67H59N/c1-65(2)41-42-66(3,4)62-43-51(37-40-60(62)65)57-44-58-56-28-16-17-29-59(56)67(52-23-10-6-11-24-52,53-25-12-7-13-26-53)61(58)45-64(57)68(63-30-18-22-50-21-14-15-27-55(50)63)54-38-35-49(36-39-54)48-33-31-47(32-34-48)46-19-8-5-9-20-46/h5-13,16-20,22-26,28-40,43-45H,14-15,21,27,41-42H2,1-4H3. The van der Waals surface area contributed by atoms with Gasteiger partial charge >= 0.3 is 0 Å². The molecule has 0 aromatic heterocycles. The second kappa shape index (κ2) is 16.5. The van der Waals surface area contributed by atoms with Gasteiger partial charge in [-0.3, -0.25) is 0 Å². The molecular formula is C67H59N. The van der Waals surface area contributed by atoms with Crippen LogP contribution >= 0.6 is 0 Å². The van der Waals surface area contributed by atoms with E-state index < -0.39 is 5.41 Å². The number of hydrogen-bond donors (Lipinski definition) is 0. The van der Waals surface area contributed by atoms with Gasteiger partial charge < -0.3 is 4.90 Å². The van der Waals surface area contributed by atoms with E-state index in [1.807, 2.05) is 0 Å². The van der Waals surface area contributed by atoms with Crippen LogP contribution in [-0.2, 0) is 29.1 Å². The minimum atomic E-state index is -0.541. The molecule has 3 aliphatic rings. The van der Waals surface area contributed by atoms with Crippen molar-refractivity contribution >= 4 is 17.1 Å². The van der Waals surface area contributed by atoms with Gasteiger partial charge in [-0.15, -0.1) is 0 Å². The number of anilines is 3. The highest BCUT2D eigenvalue weighted by Gasteiger charge is 2.47. The molecule has 332 valence electrons. The topological polar surface area (TPSA) is 3.24 Å². The van der Waals surface area contributed by atoms with E-state index in [4.69, 9.17) is 0 Å². The minimum Gasteiger partial charge on any atom is -0.310 e. The number of rotatable bonds is 8. The van der Waals surface area contributed by atoms with Gasteiger partial charge in [0, 0.05) is 16.9 Å². The Bertz CT molecular complexity index is 3260. The van der Waals surface area contributed by atoms with Crippen LogP contribution in [0, 0.1) is 0 Å². The largest absolute Gasteiger partial charge is 0.310 e. The molecule has 0 saturated heterocycles. The summed E-state index contributed by atoms with van der Waals surface area (Å²) in [5.41, 5.74) is 24.4. The van der Waals surface area contributed by atoms with Crippen molar-refractivity contribution in [3.05, 3.63) is 257 Å². The molecule has 0 aliphatic heterocycles. The average Bonchev–Trinajstić information content (AvgIpc) is 3.68. The third kappa shape index (κ3) is 6.89. The zero-order valence-corrected chi connectivity index (χ0v) is 39.9. The SMILES string of the molecule is CC1(C)CCC(C)(C)c2cc(-c3cc4c(cc3N(c3ccc(-c5ccc(-c6ccccc6)cc5)cc3)c3cccc5c3CCCC5)C(c3ccccc3)(c3ccccc3)c3ccccc3-4)ccc21. The number of hydrogen-bond acceptors (Lipinski definition) is 1. The van der Waals surface area contributed by atoms with Gasteiger partial charge in [0.25, 0.3) is 0 Å². The first kappa shape index (κ1) is 42.2. The van der Waals surface area contributed by atoms with Gasteiger partial charge in [0.15, 0.2) is 0 Å². The lowest BCUT2D eigenvalue weighted by atomic mass is 9.63. The number of nitrogens with zero attached hydrogens (tertiary/aromatic N) is 1. The summed E-state index contributed by atoms with van der Waals surface area (Å²) in [5, 5.41) is 0. The molecule has 0 bridgehead atoms. The number of fused-ring (bicyclic) bond motifs is 5. The molecule has 3 aliphatic carbocycles. The summed E-state index contributed by atoms with van der Waals surface area (Å²) < 4.78 is 0. The molecular weight excluding hydrogens is 819 g/mol. The van der Waals surface area contributed by atoms with Crippen LogP contribution in [0.15, 0.2) is 212 Å². The molecule has 9 aromatic rings. The van der Waals surface area contributed by atoms with Crippen LogP contribution in [0.4, 0.5) is 17.1 Å². The summed E-state index contributed by atoms with van der Waals surface area (Å²) in [7, 11) is 0. The van der Waals surface area contributed by atoms with E-state index >= 15 is 0 Å². The fourth-order valence-electron chi connectivity index (χ4n) is 12.3. The Morgan fingerprint density at radius 1 is 0.353 bits per heavy atom. The van der Waals surface area contributed by atoms with Crippen LogP contribution in [0.25, 0.3) is 44.5 Å². The number of aryl methyl sites for hydroxylation is 1. The van der Waals surface area contributed by atoms with Crippen molar-refractivity contribution in [2.45, 2.75) is 82.5 Å². The maximum atomic E-state index is 2.64. The maximum absolute atomic E-state index is 2.64. The van der Waals surface area contributed by atoms with E-state index in [2.05, 4.69) is 245 Å². The van der Waals surface area contributed by atoms with Crippen LogP contribution in [0.3, 0.4) is 0 Å². The van der Waals surface area contributed by atoms with Gasteiger partial charge in [-0.2, -0.15) is 0 Å². The van der Waals surface area contributed by atoms with E-state index in [1.165, 1.54) is 126 Å². The van der Waals surface area contributed by atoms with E-state index in [0.717, 1.165) is 18.5 Å². The minimum absolute atomic E-state index is 0.0629. The molecule has 68 heavy (non-hydrogen) atoms. The molecule has 0 heterocycles. The molecule has 0 radical (unpaired) electrons. The molecule has 1 heteroatoms. The quantitative estimate of drug-likeness (QED) is 0.147. The Morgan fingerprint density at radius 3 is 1.56 bits per heavy atom. The first-order chi connectivity index (χ1) is 33.2. The molecule has 0 atom stereocenters. The molecule has 0 fully saturated rings. The summed E-state index contributed by atoms with van der Waals surface area (Å²) in [6.07, 6.45) is 6.97. The van der Waals surface area contributed by atoms with Gasteiger partial charge in [-0.05, 0) is 163 Å². The van der Waals surface area contributed by atoms with E-state index in [-0.39, 0.29) is 10.8 Å². The van der Waals surface area contributed by atoms with Crippen LogP contribution in [0.2, 0.25) is 0 Å². The van der Waals surface area contributed by atoms with Crippen LogP contribution in [-0.4, -0.2) is 0 Å². The van der Waals surface area contributed by atoms with Gasteiger partial charge in [0.2, 0.25) is 0 Å². The summed E-state index contributed by atoms with van der Waals surface area (Å²) in [4.78, 5) is 2.64. The lowest BCUT2D eigenvalue weighted by Crippen LogP contribution is -2.33. The van der Waals surface area contributed by atoms with Gasteiger partial charge in [-0.25, -0.2) is 0 Å². The highest BCUT2D eigenvalue weighted by molar-refractivity contribution is 5.97. The molecule has 0 N–H and O–H groups in total. The van der Waals surface area contributed by atoms with Crippen molar-refractivity contribution in [2.24, 2.45) is 0 Å². The lowest BCUT2D eigenvalue weighted by Gasteiger charge is -2.42. The Kier molecular flexibility index (Phi) is 10.2. The fourth-order valence-corrected chi connectivity index (χ4v) is 12.3. The Hall–Kier alpha value is -7.22. The zero-order chi connectivity index (χ0) is 46.0. The Labute approximate surface area is 403 Å². The van der Waals surface area contributed by atoms with Crippen LogP contribution in [0.5, 0.6) is 0 Å². The van der Waals surface area contributed by atoms with E-state index in [9.17, 15) is 0 Å². The molecule has 0 amide bonds. The van der Waals surface area contributed by atoms with E-state index in [1.54, 1.807) is 0 Å². The molecule has 9 aromatic carbocycles. The van der Waals surface area contributed by atoms with Gasteiger partial charge in [-0.1, -0.05) is 210 Å². The maximum Gasteiger partial charge on any atom is 0.0714 e. The van der Waals surface area contributed by atoms with Crippen molar-refractivity contribution < 1.29 is 0 Å².